The smallest absolute Gasteiger partial charge is 0.105 e. The third-order valence-corrected chi connectivity index (χ3v) is 3.24. The first kappa shape index (κ1) is 6.55. The van der Waals surface area contributed by atoms with E-state index in [0.29, 0.717) is 0 Å². The van der Waals surface area contributed by atoms with Crippen molar-refractivity contribution >= 4 is 15.6 Å². The van der Waals surface area contributed by atoms with E-state index in [9.17, 15) is 0 Å². The Labute approximate surface area is 58.3 Å². The minimum absolute atomic E-state index is 1.10. The van der Waals surface area contributed by atoms with E-state index in [4.69, 9.17) is 0 Å². The maximum absolute atomic E-state index is 4.31. The topological polar surface area (TPSA) is 17.8 Å². The summed E-state index contributed by atoms with van der Waals surface area (Å²) in [6, 6.07) is 0. The van der Waals surface area contributed by atoms with Crippen LogP contribution in [-0.2, 0) is 7.05 Å². The first-order valence-corrected chi connectivity index (χ1v) is 4.09. The molecule has 1 rings (SSSR count). The van der Waals surface area contributed by atoms with Crippen molar-refractivity contribution in [3.8, 4) is 0 Å². The van der Waals surface area contributed by atoms with Gasteiger partial charge in [0, 0.05) is 12.4 Å². The Bertz CT molecular complexity index is 205. The maximum Gasteiger partial charge on any atom is 0.105 e. The van der Waals surface area contributed by atoms with Gasteiger partial charge in [-0.3, -0.25) is 0 Å². The molecule has 9 heavy (non-hydrogen) atoms. The summed E-state index contributed by atoms with van der Waals surface area (Å²) in [7, 11) is 3.17. The van der Waals surface area contributed by atoms with Crippen LogP contribution in [0.1, 0.15) is 11.5 Å². The highest BCUT2D eigenvalue weighted by Gasteiger charge is 2.00. The van der Waals surface area contributed by atoms with E-state index >= 15 is 0 Å². The molecule has 1 aromatic heterocycles. The average Bonchev–Trinajstić information content (AvgIpc) is 1.98. The monoisotopic (exact) mass is 140 g/mol. The molecule has 0 unspecified atom stereocenters. The molecule has 2 nitrogen and oxygen atoms in total. The predicted octanol–water partition coefficient (Wildman–Crippen LogP) is -0.972. The quantitative estimate of drug-likeness (QED) is 0.424. The summed E-state index contributed by atoms with van der Waals surface area (Å²) in [5.74, 6) is 1.12. The Morgan fingerprint density at radius 2 is 2.00 bits per heavy atom. The van der Waals surface area contributed by atoms with Gasteiger partial charge in [-0.1, -0.05) is 0 Å². The minimum Gasteiger partial charge on any atom is -0.340 e. The SMILES string of the molecule is Cc1nc(C)n(C)c1[SiH3]. The number of aromatic nitrogens is 2. The van der Waals surface area contributed by atoms with Crippen molar-refractivity contribution < 1.29 is 0 Å². The van der Waals surface area contributed by atoms with Gasteiger partial charge in [-0.15, -0.1) is 0 Å². The van der Waals surface area contributed by atoms with Gasteiger partial charge in [-0.25, -0.2) is 4.98 Å². The summed E-state index contributed by atoms with van der Waals surface area (Å²) >= 11 is 0. The molecule has 1 heterocycles. The number of nitrogens with zero attached hydrogens (tertiary/aromatic N) is 2. The molecule has 0 aliphatic rings. The molecule has 0 radical (unpaired) electrons. The zero-order valence-corrected chi connectivity index (χ0v) is 8.39. The van der Waals surface area contributed by atoms with E-state index in [-0.39, 0.29) is 0 Å². The van der Waals surface area contributed by atoms with Crippen LogP contribution < -0.4 is 5.32 Å². The molecule has 0 aromatic carbocycles. The zero-order chi connectivity index (χ0) is 7.02. The van der Waals surface area contributed by atoms with Gasteiger partial charge < -0.3 is 4.57 Å². The fourth-order valence-electron chi connectivity index (χ4n) is 0.884. The molecule has 0 aliphatic heterocycles. The van der Waals surface area contributed by atoms with Crippen molar-refractivity contribution in [2.75, 3.05) is 0 Å². The van der Waals surface area contributed by atoms with Gasteiger partial charge in [-0.2, -0.15) is 0 Å². The highest BCUT2D eigenvalue weighted by molar-refractivity contribution is 6.31. The summed E-state index contributed by atoms with van der Waals surface area (Å²) in [6.45, 7) is 4.10. The number of aryl methyl sites for hydroxylation is 2. The molecule has 0 amide bonds. The molecule has 0 N–H and O–H groups in total. The van der Waals surface area contributed by atoms with E-state index in [0.717, 1.165) is 16.1 Å². The third-order valence-electron chi connectivity index (χ3n) is 1.84. The minimum atomic E-state index is 1.10. The van der Waals surface area contributed by atoms with Crippen LogP contribution in [0, 0.1) is 13.8 Å². The second-order valence-electron chi connectivity index (χ2n) is 2.39. The normalized spacial score (nSPS) is 10.6. The van der Waals surface area contributed by atoms with Crippen molar-refractivity contribution in [1.82, 2.24) is 9.55 Å². The summed E-state index contributed by atoms with van der Waals surface area (Å²) in [4.78, 5) is 4.31. The lowest BCUT2D eigenvalue weighted by Crippen LogP contribution is -2.16. The maximum atomic E-state index is 4.31. The van der Waals surface area contributed by atoms with Gasteiger partial charge >= 0.3 is 0 Å². The fourth-order valence-corrected chi connectivity index (χ4v) is 1.32. The number of hydrogen-bond donors (Lipinski definition) is 0. The van der Waals surface area contributed by atoms with E-state index in [2.05, 4.69) is 23.5 Å². The Morgan fingerprint density at radius 3 is 2.11 bits per heavy atom. The third kappa shape index (κ3) is 0.919. The first-order chi connectivity index (χ1) is 4.13. The predicted molar refractivity (Wildman–Crippen MR) is 42.3 cm³/mol. The Morgan fingerprint density at radius 1 is 1.44 bits per heavy atom. The molecule has 0 saturated heterocycles. The van der Waals surface area contributed by atoms with Crippen molar-refractivity contribution in [1.29, 1.82) is 0 Å². The molecule has 1 aromatic rings. The van der Waals surface area contributed by atoms with Gasteiger partial charge in [0.05, 0.1) is 15.9 Å². The molecular weight excluding hydrogens is 128 g/mol. The standard InChI is InChI=1S/C6H12N2Si/c1-4-6(9)8(3)5(2)7-4/h1-3,9H3. The summed E-state index contributed by atoms with van der Waals surface area (Å²) < 4.78 is 2.15. The number of rotatable bonds is 0. The molecule has 0 bridgehead atoms. The van der Waals surface area contributed by atoms with Crippen molar-refractivity contribution in [2.45, 2.75) is 13.8 Å². The molecule has 0 saturated carbocycles. The summed E-state index contributed by atoms with van der Waals surface area (Å²) in [5, 5.41) is 1.40. The van der Waals surface area contributed by atoms with Crippen LogP contribution in [0.4, 0.5) is 0 Å². The molecule has 0 atom stereocenters. The van der Waals surface area contributed by atoms with Crippen LogP contribution in [0.3, 0.4) is 0 Å². The average molecular weight is 140 g/mol. The van der Waals surface area contributed by atoms with E-state index in [1.165, 1.54) is 11.0 Å². The lowest BCUT2D eigenvalue weighted by Gasteiger charge is -1.95. The molecular formula is C6H12N2Si. The van der Waals surface area contributed by atoms with Crippen molar-refractivity contribution in [3.05, 3.63) is 11.5 Å². The second kappa shape index (κ2) is 1.99. The van der Waals surface area contributed by atoms with Gasteiger partial charge in [0.1, 0.15) is 5.82 Å². The van der Waals surface area contributed by atoms with E-state index in [1.807, 2.05) is 6.92 Å². The van der Waals surface area contributed by atoms with Gasteiger partial charge in [0.2, 0.25) is 0 Å². The fraction of sp³-hybridized carbons (Fsp3) is 0.500. The molecule has 0 aliphatic carbocycles. The van der Waals surface area contributed by atoms with E-state index in [1.54, 1.807) is 0 Å². The molecule has 3 heteroatoms. The van der Waals surface area contributed by atoms with Crippen LogP contribution in [0.2, 0.25) is 0 Å². The van der Waals surface area contributed by atoms with Crippen LogP contribution in [0.15, 0.2) is 0 Å². The van der Waals surface area contributed by atoms with Crippen LogP contribution in [-0.4, -0.2) is 19.8 Å². The molecule has 0 spiro atoms. The Balaban J connectivity index is 3.29. The summed E-state index contributed by atoms with van der Waals surface area (Å²) in [6.07, 6.45) is 0. The highest BCUT2D eigenvalue weighted by atomic mass is 28.1. The van der Waals surface area contributed by atoms with Crippen LogP contribution in [0.5, 0.6) is 0 Å². The lowest BCUT2D eigenvalue weighted by molar-refractivity contribution is 0.878. The highest BCUT2D eigenvalue weighted by Crippen LogP contribution is 1.92. The van der Waals surface area contributed by atoms with E-state index < -0.39 is 0 Å². The van der Waals surface area contributed by atoms with Gasteiger partial charge in [-0.05, 0) is 13.8 Å². The van der Waals surface area contributed by atoms with Crippen LogP contribution >= 0.6 is 0 Å². The first-order valence-electron chi connectivity index (χ1n) is 3.09. The molecule has 50 valence electrons. The Hall–Kier alpha value is -0.573. The second-order valence-corrected chi connectivity index (χ2v) is 3.34. The van der Waals surface area contributed by atoms with Gasteiger partial charge in [0.15, 0.2) is 0 Å². The zero-order valence-electron chi connectivity index (χ0n) is 6.39. The summed E-state index contributed by atoms with van der Waals surface area (Å²) in [5.41, 5.74) is 1.20. The number of imidazole rings is 1. The lowest BCUT2D eigenvalue weighted by atomic mass is 10.6. The van der Waals surface area contributed by atoms with Crippen molar-refractivity contribution in [2.24, 2.45) is 7.05 Å². The number of hydrogen-bond acceptors (Lipinski definition) is 1. The largest absolute Gasteiger partial charge is 0.340 e. The van der Waals surface area contributed by atoms with Crippen molar-refractivity contribution in [3.63, 3.8) is 0 Å². The Kier molecular flexibility index (Phi) is 1.44. The van der Waals surface area contributed by atoms with Gasteiger partial charge in [0.25, 0.3) is 0 Å². The van der Waals surface area contributed by atoms with Crippen LogP contribution in [0.25, 0.3) is 0 Å². The molecule has 0 fully saturated rings.